The van der Waals surface area contributed by atoms with Gasteiger partial charge in [-0.3, -0.25) is 4.79 Å². The molecule has 1 amide bonds. The highest BCUT2D eigenvalue weighted by molar-refractivity contribution is 5.94. The van der Waals surface area contributed by atoms with Crippen LogP contribution in [0.2, 0.25) is 0 Å². The van der Waals surface area contributed by atoms with Gasteiger partial charge in [0.05, 0.1) is 13.2 Å². The summed E-state index contributed by atoms with van der Waals surface area (Å²) in [5.74, 6) is 0.268. The summed E-state index contributed by atoms with van der Waals surface area (Å²) < 4.78 is 0. The van der Waals surface area contributed by atoms with Crippen molar-refractivity contribution >= 4 is 12.7 Å². The Labute approximate surface area is 184 Å². The predicted octanol–water partition coefficient (Wildman–Crippen LogP) is 4.91. The zero-order valence-electron chi connectivity index (χ0n) is 20.5. The molecule has 0 aliphatic rings. The van der Waals surface area contributed by atoms with Gasteiger partial charge in [-0.15, -0.1) is 0 Å². The molecule has 1 aromatic carbocycles. The fourth-order valence-electron chi connectivity index (χ4n) is 3.30. The maximum absolute atomic E-state index is 12.6. The molecule has 30 heavy (non-hydrogen) atoms. The van der Waals surface area contributed by atoms with E-state index in [4.69, 9.17) is 15.0 Å². The van der Waals surface area contributed by atoms with Crippen LogP contribution < -0.4 is 0 Å². The van der Waals surface area contributed by atoms with E-state index in [0.29, 0.717) is 11.5 Å². The fourth-order valence-corrected chi connectivity index (χ4v) is 3.30. The van der Waals surface area contributed by atoms with Gasteiger partial charge in [-0.05, 0) is 40.9 Å². The molecule has 0 saturated carbocycles. The molecule has 0 radical (unpaired) electrons. The monoisotopic (exact) mass is 423 g/mol. The third-order valence-corrected chi connectivity index (χ3v) is 5.26. The molecule has 0 heterocycles. The van der Waals surface area contributed by atoms with Crippen molar-refractivity contribution in [1.82, 2.24) is 4.90 Å². The fraction of sp³-hybridized carbons (Fsp3) is 0.680. The predicted molar refractivity (Wildman–Crippen MR) is 126 cm³/mol. The quantitative estimate of drug-likeness (QED) is 0.591. The summed E-state index contributed by atoms with van der Waals surface area (Å²) in [6.07, 6.45) is 2.18. The van der Waals surface area contributed by atoms with Gasteiger partial charge >= 0.3 is 0 Å². The molecular formula is C25H45NO4. The summed E-state index contributed by atoms with van der Waals surface area (Å²) >= 11 is 0. The van der Waals surface area contributed by atoms with Crippen LogP contribution in [-0.2, 0) is 4.79 Å². The van der Waals surface area contributed by atoms with E-state index in [-0.39, 0.29) is 43.0 Å². The number of carbonyl (C=O) groups excluding carboxylic acids is 2. The number of nitrogens with zero attached hydrogens (tertiary/aromatic N) is 1. The first-order valence-electron chi connectivity index (χ1n) is 11.0. The van der Waals surface area contributed by atoms with Gasteiger partial charge in [-0.2, -0.15) is 0 Å². The van der Waals surface area contributed by atoms with E-state index in [1.807, 2.05) is 32.8 Å². The molecule has 5 heteroatoms. The number of amides is 1. The van der Waals surface area contributed by atoms with Crippen molar-refractivity contribution in [3.05, 3.63) is 35.4 Å². The summed E-state index contributed by atoms with van der Waals surface area (Å²) in [5, 5.41) is 18.3. The minimum absolute atomic E-state index is 0.109. The average Bonchev–Trinajstić information content (AvgIpc) is 2.74. The molecule has 1 unspecified atom stereocenters. The van der Waals surface area contributed by atoms with Gasteiger partial charge in [-0.25, -0.2) is 0 Å². The number of hydrogen-bond donors (Lipinski definition) is 2. The maximum Gasteiger partial charge on any atom is 0.254 e. The molecule has 174 valence electrons. The Balaban J connectivity index is 0. The van der Waals surface area contributed by atoms with Crippen molar-refractivity contribution in [2.75, 3.05) is 26.3 Å². The molecule has 2 N–H and O–H groups in total. The number of rotatable bonds is 9. The van der Waals surface area contributed by atoms with Gasteiger partial charge in [0.1, 0.15) is 6.79 Å². The molecule has 0 bridgehead atoms. The zero-order valence-corrected chi connectivity index (χ0v) is 20.5. The molecule has 0 fully saturated rings. The van der Waals surface area contributed by atoms with Crippen molar-refractivity contribution in [3.63, 3.8) is 0 Å². The van der Waals surface area contributed by atoms with E-state index >= 15 is 0 Å². The van der Waals surface area contributed by atoms with Gasteiger partial charge in [0.25, 0.3) is 5.91 Å². The highest BCUT2D eigenvalue weighted by Crippen LogP contribution is 2.45. The van der Waals surface area contributed by atoms with Crippen LogP contribution in [0.4, 0.5) is 0 Å². The van der Waals surface area contributed by atoms with Crippen LogP contribution in [0.15, 0.2) is 24.3 Å². The third-order valence-electron chi connectivity index (χ3n) is 5.26. The Kier molecular flexibility index (Phi) is 15.4. The lowest BCUT2D eigenvalue weighted by atomic mass is 9.67. The second-order valence-electron chi connectivity index (χ2n) is 9.02. The highest BCUT2D eigenvalue weighted by atomic mass is 16.3. The molecule has 1 atom stereocenters. The lowest BCUT2D eigenvalue weighted by Crippen LogP contribution is -2.35. The van der Waals surface area contributed by atoms with Crippen molar-refractivity contribution < 1.29 is 19.8 Å². The summed E-state index contributed by atoms with van der Waals surface area (Å²) in [4.78, 5) is 22.1. The minimum atomic E-state index is -0.151. The van der Waals surface area contributed by atoms with E-state index in [1.54, 1.807) is 0 Å². The lowest BCUT2D eigenvalue weighted by molar-refractivity contribution is -0.0980. The van der Waals surface area contributed by atoms with E-state index in [2.05, 4.69) is 53.7 Å². The second kappa shape index (κ2) is 15.1. The highest BCUT2D eigenvalue weighted by Gasteiger charge is 2.32. The molecule has 0 aliphatic carbocycles. The van der Waals surface area contributed by atoms with Crippen LogP contribution in [-0.4, -0.2) is 54.1 Å². The summed E-state index contributed by atoms with van der Waals surface area (Å²) in [7, 11) is 0. The first-order chi connectivity index (χ1) is 14.1. The van der Waals surface area contributed by atoms with Gasteiger partial charge in [0.2, 0.25) is 0 Å². The van der Waals surface area contributed by atoms with Crippen molar-refractivity contribution in [2.45, 2.75) is 74.1 Å². The lowest BCUT2D eigenvalue weighted by Gasteiger charge is -2.38. The summed E-state index contributed by atoms with van der Waals surface area (Å²) in [6.45, 7) is 19.9. The second-order valence-corrected chi connectivity index (χ2v) is 9.02. The Bertz CT molecular complexity index is 570. The number of aliphatic hydroxyl groups excluding tert-OH is 2. The van der Waals surface area contributed by atoms with Crippen LogP contribution in [0.3, 0.4) is 0 Å². The van der Waals surface area contributed by atoms with Crippen molar-refractivity contribution in [3.8, 4) is 0 Å². The van der Waals surface area contributed by atoms with Crippen LogP contribution >= 0.6 is 0 Å². The molecule has 1 aromatic rings. The van der Waals surface area contributed by atoms with Crippen molar-refractivity contribution in [2.24, 2.45) is 10.8 Å². The number of aliphatic hydroxyl groups is 2. The summed E-state index contributed by atoms with van der Waals surface area (Å²) in [5.41, 5.74) is 2.27. The van der Waals surface area contributed by atoms with E-state index < -0.39 is 0 Å². The molecule has 0 spiro atoms. The minimum Gasteiger partial charge on any atom is -0.395 e. The molecule has 0 aromatic heterocycles. The van der Waals surface area contributed by atoms with Crippen LogP contribution in [0.1, 0.15) is 90.1 Å². The third kappa shape index (κ3) is 10.4. The Morgan fingerprint density at radius 3 is 1.73 bits per heavy atom. The van der Waals surface area contributed by atoms with Crippen LogP contribution in [0, 0.1) is 10.8 Å². The smallest absolute Gasteiger partial charge is 0.254 e. The first-order valence-corrected chi connectivity index (χ1v) is 11.0. The Morgan fingerprint density at radius 2 is 1.40 bits per heavy atom. The molecule has 0 aliphatic heterocycles. The van der Waals surface area contributed by atoms with E-state index in [1.165, 1.54) is 10.5 Å². The number of hydrogen-bond acceptors (Lipinski definition) is 4. The largest absolute Gasteiger partial charge is 0.395 e. The normalized spacial score (nSPS) is 12.1. The Hall–Kier alpha value is -1.72. The summed E-state index contributed by atoms with van der Waals surface area (Å²) in [6, 6.07) is 7.88. The average molecular weight is 424 g/mol. The van der Waals surface area contributed by atoms with Crippen molar-refractivity contribution in [1.29, 1.82) is 0 Å². The SMILES string of the molecule is C=O.CC.CCC(C)(C)C(CC(C)(C)C)c1ccc(C(=O)N(CCO)CCO)cc1. The first kappa shape index (κ1) is 30.5. The van der Waals surface area contributed by atoms with Crippen LogP contribution in [0.25, 0.3) is 0 Å². The molecule has 0 saturated heterocycles. The standard InChI is InChI=1S/C22H37NO3.C2H6.CH2O/c1-7-22(5,6)19(16-21(2,3)4)17-8-10-18(11-9-17)20(26)23(12-14-24)13-15-25;2*1-2/h8-11,19,24-25H,7,12-16H2,1-6H3;1-2H3;1H2. The zero-order chi connectivity index (χ0) is 24.0. The van der Waals surface area contributed by atoms with Gasteiger partial charge in [0, 0.05) is 18.7 Å². The molecule has 1 rings (SSSR count). The number of benzene rings is 1. The maximum atomic E-state index is 12.6. The molecule has 5 nitrogen and oxygen atoms in total. The van der Waals surface area contributed by atoms with E-state index in [9.17, 15) is 4.79 Å². The van der Waals surface area contributed by atoms with E-state index in [0.717, 1.165) is 12.8 Å². The topological polar surface area (TPSA) is 77.8 Å². The Morgan fingerprint density at radius 1 is 0.967 bits per heavy atom. The van der Waals surface area contributed by atoms with Gasteiger partial charge < -0.3 is 19.9 Å². The van der Waals surface area contributed by atoms with Crippen LogP contribution in [0.5, 0.6) is 0 Å². The van der Waals surface area contributed by atoms with Gasteiger partial charge in [-0.1, -0.05) is 73.9 Å². The van der Waals surface area contributed by atoms with Gasteiger partial charge in [0.15, 0.2) is 0 Å². The number of carbonyl (C=O) groups is 2. The molecular weight excluding hydrogens is 378 g/mol.